The van der Waals surface area contributed by atoms with E-state index in [2.05, 4.69) is 5.32 Å². The van der Waals surface area contributed by atoms with Crippen LogP contribution in [0.4, 0.5) is 0 Å². The van der Waals surface area contributed by atoms with Gasteiger partial charge in [-0.15, -0.1) is 11.6 Å². The maximum atomic E-state index is 12.2. The molecule has 4 nitrogen and oxygen atoms in total. The van der Waals surface area contributed by atoms with E-state index in [1.165, 1.54) is 12.8 Å². The first-order valence-electron chi connectivity index (χ1n) is 6.82. The number of hydrogen-bond acceptors (Lipinski definition) is 3. The number of halogens is 1. The summed E-state index contributed by atoms with van der Waals surface area (Å²) < 4.78 is 10.5. The summed E-state index contributed by atoms with van der Waals surface area (Å²) in [6.45, 7) is 0. The Labute approximate surface area is 124 Å². The molecule has 1 unspecified atom stereocenters. The number of alkyl halides is 1. The van der Waals surface area contributed by atoms with Crippen molar-refractivity contribution in [3.63, 3.8) is 0 Å². The number of hydrogen-bond donors (Lipinski definition) is 1. The standard InChI is InChI=1S/C15H20ClNO3/c1-19-12-9-5-8-11(14(12)20-2)13(16)15(18)17-10-6-3-4-7-10/h5,8-10,13H,3-4,6-7H2,1-2H3,(H,17,18). The Bertz CT molecular complexity index is 472. The van der Waals surface area contributed by atoms with Crippen LogP contribution in [0.25, 0.3) is 0 Å². The van der Waals surface area contributed by atoms with Crippen molar-refractivity contribution in [3.05, 3.63) is 23.8 Å². The van der Waals surface area contributed by atoms with E-state index in [1.54, 1.807) is 32.4 Å². The lowest BCUT2D eigenvalue weighted by Gasteiger charge is -2.18. The fraction of sp³-hybridized carbons (Fsp3) is 0.533. The summed E-state index contributed by atoms with van der Waals surface area (Å²) in [5, 5.41) is 2.22. The summed E-state index contributed by atoms with van der Waals surface area (Å²) in [4.78, 5) is 12.2. The third-order valence-corrected chi connectivity index (χ3v) is 4.07. The lowest BCUT2D eigenvalue weighted by atomic mass is 10.1. The van der Waals surface area contributed by atoms with E-state index in [0.29, 0.717) is 17.1 Å². The van der Waals surface area contributed by atoms with Gasteiger partial charge in [-0.25, -0.2) is 0 Å². The maximum absolute atomic E-state index is 12.2. The van der Waals surface area contributed by atoms with Gasteiger partial charge in [0.2, 0.25) is 5.91 Å². The Morgan fingerprint density at radius 2 is 2.00 bits per heavy atom. The summed E-state index contributed by atoms with van der Waals surface area (Å²) in [6, 6.07) is 5.61. The maximum Gasteiger partial charge on any atom is 0.242 e. The molecule has 0 aliphatic heterocycles. The van der Waals surface area contributed by atoms with Gasteiger partial charge < -0.3 is 14.8 Å². The fourth-order valence-corrected chi connectivity index (χ4v) is 2.83. The van der Waals surface area contributed by atoms with Gasteiger partial charge >= 0.3 is 0 Å². The normalized spacial score (nSPS) is 16.8. The van der Waals surface area contributed by atoms with E-state index in [4.69, 9.17) is 21.1 Å². The quantitative estimate of drug-likeness (QED) is 0.850. The zero-order valence-corrected chi connectivity index (χ0v) is 12.6. The SMILES string of the molecule is COc1cccc(C(Cl)C(=O)NC2CCCC2)c1OC. The van der Waals surface area contributed by atoms with E-state index in [-0.39, 0.29) is 11.9 Å². The number of benzene rings is 1. The monoisotopic (exact) mass is 297 g/mol. The van der Waals surface area contributed by atoms with E-state index in [0.717, 1.165) is 12.8 Å². The predicted octanol–water partition coefficient (Wildman–Crippen LogP) is 3.04. The first-order valence-corrected chi connectivity index (χ1v) is 7.26. The highest BCUT2D eigenvalue weighted by atomic mass is 35.5. The Morgan fingerprint density at radius 3 is 2.60 bits per heavy atom. The highest BCUT2D eigenvalue weighted by Gasteiger charge is 2.26. The molecule has 1 aliphatic carbocycles. The second-order valence-corrected chi connectivity index (χ2v) is 5.37. The number of methoxy groups -OCH3 is 2. The van der Waals surface area contributed by atoms with Gasteiger partial charge in [0.1, 0.15) is 5.38 Å². The van der Waals surface area contributed by atoms with Crippen LogP contribution in [0.1, 0.15) is 36.6 Å². The smallest absolute Gasteiger partial charge is 0.242 e. The molecule has 1 amide bonds. The van der Waals surface area contributed by atoms with Gasteiger partial charge in [0.05, 0.1) is 14.2 Å². The summed E-state index contributed by atoms with van der Waals surface area (Å²) in [5.41, 5.74) is 0.629. The Balaban J connectivity index is 2.15. The Kier molecular flexibility index (Phi) is 5.12. The van der Waals surface area contributed by atoms with Crippen LogP contribution in [-0.4, -0.2) is 26.2 Å². The number of carbonyl (C=O) groups excluding carboxylic acids is 1. The number of ether oxygens (including phenoxy) is 2. The molecule has 2 rings (SSSR count). The van der Waals surface area contributed by atoms with Crippen molar-refractivity contribution in [2.45, 2.75) is 37.1 Å². The molecule has 1 saturated carbocycles. The van der Waals surface area contributed by atoms with Gasteiger partial charge in [0.25, 0.3) is 0 Å². The van der Waals surface area contributed by atoms with Crippen LogP contribution in [0.15, 0.2) is 18.2 Å². The minimum Gasteiger partial charge on any atom is -0.493 e. The minimum absolute atomic E-state index is 0.176. The molecule has 1 aromatic rings. The van der Waals surface area contributed by atoms with Gasteiger partial charge in [0, 0.05) is 11.6 Å². The number of rotatable bonds is 5. The second-order valence-electron chi connectivity index (χ2n) is 4.94. The predicted molar refractivity (Wildman–Crippen MR) is 78.5 cm³/mol. The van der Waals surface area contributed by atoms with Crippen LogP contribution in [0, 0.1) is 0 Å². The molecule has 5 heteroatoms. The molecule has 1 atom stereocenters. The molecule has 1 N–H and O–H groups in total. The lowest BCUT2D eigenvalue weighted by Crippen LogP contribution is -2.35. The first kappa shape index (κ1) is 15.0. The third kappa shape index (κ3) is 3.18. The molecule has 0 radical (unpaired) electrons. The van der Waals surface area contributed by atoms with Crippen molar-refractivity contribution in [2.75, 3.05) is 14.2 Å². The largest absolute Gasteiger partial charge is 0.493 e. The summed E-state index contributed by atoms with van der Waals surface area (Å²) in [6.07, 6.45) is 4.40. The highest BCUT2D eigenvalue weighted by molar-refractivity contribution is 6.31. The van der Waals surface area contributed by atoms with Crippen molar-refractivity contribution in [3.8, 4) is 11.5 Å². The molecule has 110 valence electrons. The Morgan fingerprint density at radius 1 is 1.30 bits per heavy atom. The molecular weight excluding hydrogens is 278 g/mol. The van der Waals surface area contributed by atoms with Crippen molar-refractivity contribution in [1.82, 2.24) is 5.32 Å². The van der Waals surface area contributed by atoms with Gasteiger partial charge in [-0.1, -0.05) is 25.0 Å². The highest BCUT2D eigenvalue weighted by Crippen LogP contribution is 2.37. The van der Waals surface area contributed by atoms with Crippen molar-refractivity contribution < 1.29 is 14.3 Å². The number of para-hydroxylation sites is 1. The van der Waals surface area contributed by atoms with E-state index < -0.39 is 5.38 Å². The fourth-order valence-electron chi connectivity index (χ4n) is 2.60. The number of carbonyl (C=O) groups is 1. The number of amides is 1. The second kappa shape index (κ2) is 6.84. The van der Waals surface area contributed by atoms with Crippen molar-refractivity contribution in [2.24, 2.45) is 0 Å². The summed E-state index contributed by atoms with van der Waals surface area (Å²) in [5.74, 6) is 0.908. The minimum atomic E-state index is -0.777. The van der Waals surface area contributed by atoms with Gasteiger partial charge in [-0.2, -0.15) is 0 Å². The van der Waals surface area contributed by atoms with E-state index in [1.807, 2.05) is 0 Å². The van der Waals surface area contributed by atoms with Gasteiger partial charge in [0.15, 0.2) is 11.5 Å². The molecule has 0 aromatic heterocycles. The van der Waals surface area contributed by atoms with Crippen LogP contribution in [-0.2, 0) is 4.79 Å². The van der Waals surface area contributed by atoms with E-state index in [9.17, 15) is 4.79 Å². The third-order valence-electron chi connectivity index (χ3n) is 3.64. The summed E-state index contributed by atoms with van der Waals surface area (Å²) in [7, 11) is 3.10. The van der Waals surface area contributed by atoms with Crippen LogP contribution in [0.3, 0.4) is 0 Å². The van der Waals surface area contributed by atoms with Crippen LogP contribution in [0.2, 0.25) is 0 Å². The number of nitrogens with one attached hydrogen (secondary N) is 1. The van der Waals surface area contributed by atoms with Gasteiger partial charge in [-0.05, 0) is 18.9 Å². The molecule has 0 spiro atoms. The molecule has 0 saturated heterocycles. The molecule has 1 aliphatic rings. The average molecular weight is 298 g/mol. The molecule has 1 fully saturated rings. The molecule has 0 heterocycles. The zero-order valence-electron chi connectivity index (χ0n) is 11.8. The first-order chi connectivity index (χ1) is 9.67. The molecule has 20 heavy (non-hydrogen) atoms. The van der Waals surface area contributed by atoms with Gasteiger partial charge in [-0.3, -0.25) is 4.79 Å². The van der Waals surface area contributed by atoms with Crippen molar-refractivity contribution >= 4 is 17.5 Å². The Hall–Kier alpha value is -1.42. The molecular formula is C15H20ClNO3. The van der Waals surface area contributed by atoms with E-state index >= 15 is 0 Å². The lowest BCUT2D eigenvalue weighted by molar-refractivity contribution is -0.121. The zero-order chi connectivity index (χ0) is 14.5. The summed E-state index contributed by atoms with van der Waals surface area (Å²) >= 11 is 6.30. The topological polar surface area (TPSA) is 47.6 Å². The average Bonchev–Trinajstić information content (AvgIpc) is 2.98. The van der Waals surface area contributed by atoms with Crippen LogP contribution >= 0.6 is 11.6 Å². The molecule has 0 bridgehead atoms. The van der Waals surface area contributed by atoms with Crippen LogP contribution < -0.4 is 14.8 Å². The van der Waals surface area contributed by atoms with Crippen LogP contribution in [0.5, 0.6) is 11.5 Å². The molecule has 1 aromatic carbocycles. The van der Waals surface area contributed by atoms with Crippen molar-refractivity contribution in [1.29, 1.82) is 0 Å².